The van der Waals surface area contributed by atoms with Gasteiger partial charge in [-0.1, -0.05) is 12.8 Å². The Hall–Kier alpha value is -2.97. The third-order valence-electron chi connectivity index (χ3n) is 7.05. The normalized spacial score (nSPS) is 22.6. The highest BCUT2D eigenvalue weighted by Gasteiger charge is 2.32. The zero-order valence-corrected chi connectivity index (χ0v) is 19.9. The molecule has 2 aromatic rings. The molecule has 2 N–H and O–H groups in total. The van der Waals surface area contributed by atoms with Crippen LogP contribution in [-0.2, 0) is 12.6 Å². The molecule has 0 saturated heterocycles. The Morgan fingerprint density at radius 2 is 1.69 bits per heavy atom. The third kappa shape index (κ3) is 7.02. The summed E-state index contributed by atoms with van der Waals surface area (Å²) >= 11 is 0. The highest BCUT2D eigenvalue weighted by molar-refractivity contribution is 6.05. The summed E-state index contributed by atoms with van der Waals surface area (Å²) in [6.07, 6.45) is 7.92. The molecule has 2 aliphatic rings. The van der Waals surface area contributed by atoms with Crippen LogP contribution in [-0.4, -0.2) is 33.4 Å². The number of carbonyl (C=O) groups excluding carboxylic acids is 1. The topological polar surface area (TPSA) is 79.3 Å². The van der Waals surface area contributed by atoms with Gasteiger partial charge in [0.25, 0.3) is 5.91 Å². The van der Waals surface area contributed by atoms with E-state index < -0.39 is 17.6 Å². The van der Waals surface area contributed by atoms with Gasteiger partial charge in [0.05, 0.1) is 11.6 Å². The van der Waals surface area contributed by atoms with Crippen LogP contribution in [0.3, 0.4) is 0 Å². The number of carbonyl (C=O) groups is 1. The lowest BCUT2D eigenvalue weighted by Crippen LogP contribution is -2.51. The van der Waals surface area contributed by atoms with Gasteiger partial charge in [-0.05, 0) is 81.7 Å². The number of nitrogens with zero attached hydrogens (tertiary/aromatic N) is 3. The van der Waals surface area contributed by atoms with Crippen LogP contribution in [0.25, 0.3) is 0 Å². The van der Waals surface area contributed by atoms with E-state index >= 15 is 0 Å². The molecular weight excluding hydrogens is 455 g/mol. The van der Waals surface area contributed by atoms with Crippen LogP contribution in [0.4, 0.5) is 13.2 Å². The molecule has 6 nitrogen and oxygen atoms in total. The van der Waals surface area contributed by atoms with E-state index in [-0.39, 0.29) is 17.1 Å². The highest BCUT2D eigenvalue weighted by Crippen LogP contribution is 2.31. The molecule has 2 fully saturated rings. The molecule has 0 radical (unpaired) electrons. The molecule has 2 saturated carbocycles. The van der Waals surface area contributed by atoms with Crippen molar-refractivity contribution >= 4 is 11.9 Å². The Kier molecular flexibility index (Phi) is 7.72. The lowest BCUT2D eigenvalue weighted by Gasteiger charge is -2.30. The minimum Gasteiger partial charge on any atom is -0.351 e. The number of hydrogen-bond acceptors (Lipinski definition) is 4. The Balaban J connectivity index is 1.42. The molecule has 0 spiro atoms. The fourth-order valence-corrected chi connectivity index (χ4v) is 5.01. The molecule has 1 heterocycles. The Morgan fingerprint density at radius 3 is 2.29 bits per heavy atom. The molecule has 0 atom stereocenters. The largest absolute Gasteiger partial charge is 0.416 e. The number of alkyl halides is 3. The monoisotopic (exact) mass is 487 g/mol. The highest BCUT2D eigenvalue weighted by atomic mass is 19.4. The van der Waals surface area contributed by atoms with E-state index in [0.29, 0.717) is 11.9 Å². The molecule has 1 amide bonds. The molecule has 0 aliphatic heterocycles. The van der Waals surface area contributed by atoms with Gasteiger partial charge in [-0.15, -0.1) is 0 Å². The zero-order valence-electron chi connectivity index (χ0n) is 19.9. The van der Waals surface area contributed by atoms with Crippen molar-refractivity contribution in [3.8, 4) is 0 Å². The number of aliphatic imine (C=N–C) groups is 1. The minimum atomic E-state index is -4.44. The van der Waals surface area contributed by atoms with Crippen molar-refractivity contribution in [2.45, 2.75) is 82.5 Å². The minimum absolute atomic E-state index is 0.0725. The van der Waals surface area contributed by atoms with Crippen molar-refractivity contribution < 1.29 is 18.0 Å². The van der Waals surface area contributed by atoms with Crippen LogP contribution < -0.4 is 10.6 Å². The molecular formula is C26H32F3N5O. The van der Waals surface area contributed by atoms with Gasteiger partial charge in [0.1, 0.15) is 5.82 Å². The van der Waals surface area contributed by atoms with E-state index in [1.54, 1.807) is 12.4 Å². The summed E-state index contributed by atoms with van der Waals surface area (Å²) < 4.78 is 38.6. The van der Waals surface area contributed by atoms with Gasteiger partial charge in [-0.2, -0.15) is 13.2 Å². The smallest absolute Gasteiger partial charge is 0.351 e. The summed E-state index contributed by atoms with van der Waals surface area (Å²) in [5.74, 6) is 1.31. The molecule has 0 unspecified atom stereocenters. The SMILES string of the molecule is CC1(NC(=NC2CCC(Cc3ncccn3)CC2)NC(=O)c2ccc(C(F)(F)F)cc2)CCCC1. The maximum absolute atomic E-state index is 12.9. The second-order valence-corrected chi connectivity index (χ2v) is 9.94. The van der Waals surface area contributed by atoms with Crippen molar-refractivity contribution in [3.63, 3.8) is 0 Å². The van der Waals surface area contributed by atoms with Crippen molar-refractivity contribution in [2.24, 2.45) is 10.9 Å². The lowest BCUT2D eigenvalue weighted by atomic mass is 9.84. The number of nitrogens with one attached hydrogen (secondary N) is 2. The maximum atomic E-state index is 12.9. The van der Waals surface area contributed by atoms with E-state index in [4.69, 9.17) is 4.99 Å². The molecule has 1 aromatic heterocycles. The van der Waals surface area contributed by atoms with E-state index in [1.165, 1.54) is 12.1 Å². The Bertz CT molecular complexity index is 1010. The summed E-state index contributed by atoms with van der Waals surface area (Å²) in [5, 5.41) is 6.29. The van der Waals surface area contributed by atoms with Crippen molar-refractivity contribution in [3.05, 3.63) is 59.7 Å². The molecule has 1 aromatic carbocycles. The Morgan fingerprint density at radius 1 is 1.06 bits per heavy atom. The van der Waals surface area contributed by atoms with Gasteiger partial charge in [0.15, 0.2) is 5.96 Å². The summed E-state index contributed by atoms with van der Waals surface area (Å²) in [6, 6.07) is 6.13. The van der Waals surface area contributed by atoms with E-state index in [2.05, 4.69) is 27.5 Å². The predicted octanol–water partition coefficient (Wildman–Crippen LogP) is 5.31. The quantitative estimate of drug-likeness (QED) is 0.443. The van der Waals surface area contributed by atoms with E-state index in [9.17, 15) is 18.0 Å². The number of amides is 1. The molecule has 4 rings (SSSR count). The molecule has 35 heavy (non-hydrogen) atoms. The van der Waals surface area contributed by atoms with Gasteiger partial charge in [-0.25, -0.2) is 15.0 Å². The fraction of sp³-hybridized carbons (Fsp3) is 0.538. The van der Waals surface area contributed by atoms with Crippen LogP contribution in [0.2, 0.25) is 0 Å². The standard InChI is InChI=1S/C26H32F3N5O/c1-25(13-2-3-14-25)34-24(33-23(35)19-7-9-20(10-8-19)26(27,28)29)32-21-11-5-18(6-12-21)17-22-30-15-4-16-31-22/h4,7-10,15-16,18,21H,2-3,5-6,11-14,17H2,1H3,(H2,32,33,34,35). The number of halogens is 3. The molecule has 2 aliphatic carbocycles. The first-order valence-electron chi connectivity index (χ1n) is 12.3. The van der Waals surface area contributed by atoms with Crippen LogP contribution in [0, 0.1) is 5.92 Å². The average Bonchev–Trinajstić information content (AvgIpc) is 3.26. The van der Waals surface area contributed by atoms with Crippen molar-refractivity contribution in [1.82, 2.24) is 20.6 Å². The second kappa shape index (κ2) is 10.7. The number of rotatable bonds is 5. The van der Waals surface area contributed by atoms with Crippen molar-refractivity contribution in [2.75, 3.05) is 0 Å². The van der Waals surface area contributed by atoms with Gasteiger partial charge < -0.3 is 5.32 Å². The first-order chi connectivity index (χ1) is 16.7. The first kappa shape index (κ1) is 25.1. The van der Waals surface area contributed by atoms with Crippen LogP contribution in [0.1, 0.15) is 80.0 Å². The van der Waals surface area contributed by atoms with Crippen LogP contribution >= 0.6 is 0 Å². The van der Waals surface area contributed by atoms with Crippen LogP contribution in [0.15, 0.2) is 47.7 Å². The van der Waals surface area contributed by atoms with Crippen LogP contribution in [0.5, 0.6) is 0 Å². The number of aromatic nitrogens is 2. The molecule has 188 valence electrons. The number of benzene rings is 1. The Labute approximate surface area is 203 Å². The first-order valence-corrected chi connectivity index (χ1v) is 12.3. The summed E-state index contributed by atoms with van der Waals surface area (Å²) in [6.45, 7) is 2.12. The van der Waals surface area contributed by atoms with Gasteiger partial charge in [0, 0.05) is 29.9 Å². The van der Waals surface area contributed by atoms with Gasteiger partial charge in [-0.3, -0.25) is 10.1 Å². The van der Waals surface area contributed by atoms with E-state index in [1.807, 2.05) is 6.07 Å². The lowest BCUT2D eigenvalue weighted by molar-refractivity contribution is -0.137. The fourth-order valence-electron chi connectivity index (χ4n) is 5.01. The maximum Gasteiger partial charge on any atom is 0.416 e. The predicted molar refractivity (Wildman–Crippen MR) is 128 cm³/mol. The summed E-state index contributed by atoms with van der Waals surface area (Å²) in [4.78, 5) is 26.4. The third-order valence-corrected chi connectivity index (χ3v) is 7.05. The average molecular weight is 488 g/mol. The van der Waals surface area contributed by atoms with Gasteiger partial charge >= 0.3 is 6.18 Å². The second-order valence-electron chi connectivity index (χ2n) is 9.94. The summed E-state index contributed by atoms with van der Waals surface area (Å²) in [5.41, 5.74) is -0.776. The van der Waals surface area contributed by atoms with E-state index in [0.717, 1.165) is 75.7 Å². The number of hydrogen-bond donors (Lipinski definition) is 2. The zero-order chi connectivity index (χ0) is 24.9. The summed E-state index contributed by atoms with van der Waals surface area (Å²) in [7, 11) is 0. The molecule has 0 bridgehead atoms. The van der Waals surface area contributed by atoms with Gasteiger partial charge in [0.2, 0.25) is 0 Å². The number of guanidine groups is 1. The molecule has 9 heteroatoms. The van der Waals surface area contributed by atoms with Crippen molar-refractivity contribution in [1.29, 1.82) is 0 Å².